The first-order valence-electron chi connectivity index (χ1n) is 4.67. The lowest BCUT2D eigenvalue weighted by atomic mass is 10.2. The summed E-state index contributed by atoms with van der Waals surface area (Å²) < 4.78 is 0. The molecule has 0 saturated carbocycles. The lowest BCUT2D eigenvalue weighted by Crippen LogP contribution is -2.33. The van der Waals surface area contributed by atoms with Gasteiger partial charge in [-0.05, 0) is 17.7 Å². The summed E-state index contributed by atoms with van der Waals surface area (Å²) in [6.07, 6.45) is 0. The maximum Gasteiger partial charge on any atom is 0.191 e. The van der Waals surface area contributed by atoms with Gasteiger partial charge in [-0.1, -0.05) is 12.1 Å². The van der Waals surface area contributed by atoms with Gasteiger partial charge in [0.15, 0.2) is 5.96 Å². The Morgan fingerprint density at radius 3 is 2.79 bits per heavy atom. The first kappa shape index (κ1) is 8.87. The molecular formula is C10H13N4. The van der Waals surface area contributed by atoms with Crippen molar-refractivity contribution in [1.29, 1.82) is 0 Å². The second kappa shape index (κ2) is 4.00. The van der Waals surface area contributed by atoms with E-state index in [9.17, 15) is 0 Å². The van der Waals surface area contributed by atoms with Crippen LogP contribution in [0.2, 0.25) is 0 Å². The third-order valence-corrected chi connectivity index (χ3v) is 2.09. The van der Waals surface area contributed by atoms with Crippen molar-refractivity contribution in [2.75, 3.05) is 13.1 Å². The maximum absolute atomic E-state index is 7.33. The minimum absolute atomic E-state index is 0.546. The van der Waals surface area contributed by atoms with Crippen LogP contribution in [0.25, 0.3) is 0 Å². The van der Waals surface area contributed by atoms with Crippen molar-refractivity contribution in [2.24, 2.45) is 4.99 Å². The first-order valence-corrected chi connectivity index (χ1v) is 4.67. The van der Waals surface area contributed by atoms with Crippen molar-refractivity contribution >= 4 is 11.6 Å². The number of rotatable bonds is 2. The summed E-state index contributed by atoms with van der Waals surface area (Å²) in [5.74, 6) is 0.875. The average molecular weight is 189 g/mol. The number of nitrogens with one attached hydrogen (secondary N) is 3. The number of aliphatic imine (C=N–C) groups is 1. The topological polar surface area (TPSA) is 60.2 Å². The van der Waals surface area contributed by atoms with E-state index in [1.807, 2.05) is 12.1 Å². The molecule has 1 radical (unpaired) electrons. The normalized spacial score (nSPS) is 14.7. The Balaban J connectivity index is 1.88. The minimum Gasteiger partial charge on any atom is -0.355 e. The molecule has 0 bridgehead atoms. The van der Waals surface area contributed by atoms with Crippen LogP contribution in [0.1, 0.15) is 5.56 Å². The van der Waals surface area contributed by atoms with Crippen LogP contribution >= 0.6 is 0 Å². The van der Waals surface area contributed by atoms with Gasteiger partial charge in [0.2, 0.25) is 0 Å². The van der Waals surface area contributed by atoms with Gasteiger partial charge in [0.1, 0.15) is 0 Å². The van der Waals surface area contributed by atoms with Crippen molar-refractivity contribution < 1.29 is 0 Å². The molecule has 73 valence electrons. The van der Waals surface area contributed by atoms with Gasteiger partial charge in [0.25, 0.3) is 0 Å². The van der Waals surface area contributed by atoms with Gasteiger partial charge in [0, 0.05) is 13.1 Å². The predicted molar refractivity (Wildman–Crippen MR) is 56.3 cm³/mol. The first-order chi connectivity index (χ1) is 6.84. The van der Waals surface area contributed by atoms with Gasteiger partial charge in [-0.3, -0.25) is 4.99 Å². The van der Waals surface area contributed by atoms with E-state index in [4.69, 9.17) is 5.73 Å². The second-order valence-corrected chi connectivity index (χ2v) is 3.21. The van der Waals surface area contributed by atoms with Crippen molar-refractivity contribution in [3.05, 3.63) is 29.8 Å². The summed E-state index contributed by atoms with van der Waals surface area (Å²) in [6.45, 7) is 2.54. The van der Waals surface area contributed by atoms with Crippen molar-refractivity contribution in [3.63, 3.8) is 0 Å². The zero-order valence-electron chi connectivity index (χ0n) is 7.88. The fourth-order valence-corrected chi connectivity index (χ4v) is 1.32. The molecule has 0 atom stereocenters. The molecule has 1 aromatic rings. The Hall–Kier alpha value is -1.71. The van der Waals surface area contributed by atoms with E-state index in [0.29, 0.717) is 5.69 Å². The maximum atomic E-state index is 7.33. The van der Waals surface area contributed by atoms with E-state index in [-0.39, 0.29) is 0 Å². The highest BCUT2D eigenvalue weighted by molar-refractivity contribution is 5.81. The van der Waals surface area contributed by atoms with Crippen LogP contribution < -0.4 is 16.4 Å². The van der Waals surface area contributed by atoms with Crippen molar-refractivity contribution in [1.82, 2.24) is 16.4 Å². The van der Waals surface area contributed by atoms with Crippen LogP contribution in [0.4, 0.5) is 5.69 Å². The van der Waals surface area contributed by atoms with Crippen LogP contribution in [0.15, 0.2) is 29.3 Å². The zero-order chi connectivity index (χ0) is 9.80. The molecule has 4 heteroatoms. The van der Waals surface area contributed by atoms with E-state index >= 15 is 0 Å². The molecule has 0 aromatic heterocycles. The third-order valence-electron chi connectivity index (χ3n) is 2.09. The van der Waals surface area contributed by atoms with Gasteiger partial charge < -0.3 is 16.4 Å². The molecule has 0 fully saturated rings. The fraction of sp³-hybridized carbons (Fsp3) is 0.300. The van der Waals surface area contributed by atoms with Crippen LogP contribution in [-0.4, -0.2) is 19.0 Å². The lowest BCUT2D eigenvalue weighted by Gasteiger charge is -2.06. The summed E-state index contributed by atoms with van der Waals surface area (Å²) >= 11 is 0. The van der Waals surface area contributed by atoms with Crippen LogP contribution in [-0.2, 0) is 6.54 Å². The molecule has 0 unspecified atom stereocenters. The van der Waals surface area contributed by atoms with Crippen LogP contribution in [0.3, 0.4) is 0 Å². The van der Waals surface area contributed by atoms with Crippen molar-refractivity contribution in [2.45, 2.75) is 6.54 Å². The highest BCUT2D eigenvalue weighted by atomic mass is 15.2. The molecule has 0 aliphatic carbocycles. The number of hydrogen-bond donors (Lipinski definition) is 2. The molecule has 4 nitrogen and oxygen atoms in total. The summed E-state index contributed by atoms with van der Waals surface area (Å²) in [4.78, 5) is 4.23. The van der Waals surface area contributed by atoms with Gasteiger partial charge in [0.05, 0.1) is 12.2 Å². The highest BCUT2D eigenvalue weighted by Gasteiger charge is 2.02. The average Bonchev–Trinajstić information content (AvgIpc) is 2.70. The molecule has 1 aromatic carbocycles. The Kier molecular flexibility index (Phi) is 2.53. The van der Waals surface area contributed by atoms with Gasteiger partial charge in [-0.15, -0.1) is 0 Å². The largest absolute Gasteiger partial charge is 0.355 e. The second-order valence-electron chi connectivity index (χ2n) is 3.21. The number of guanidine groups is 1. The third kappa shape index (κ3) is 2.16. The number of hydrogen-bond acceptors (Lipinski definition) is 3. The highest BCUT2D eigenvalue weighted by Crippen LogP contribution is 2.06. The van der Waals surface area contributed by atoms with Crippen LogP contribution in [0.5, 0.6) is 0 Å². The molecule has 0 amide bonds. The van der Waals surface area contributed by atoms with Crippen LogP contribution in [0, 0.1) is 0 Å². The number of nitrogens with zero attached hydrogens (tertiary/aromatic N) is 1. The van der Waals surface area contributed by atoms with Crippen molar-refractivity contribution in [3.8, 4) is 0 Å². The molecule has 14 heavy (non-hydrogen) atoms. The zero-order valence-corrected chi connectivity index (χ0v) is 7.88. The molecule has 0 saturated heterocycles. The quantitative estimate of drug-likeness (QED) is 0.717. The monoisotopic (exact) mass is 189 g/mol. The van der Waals surface area contributed by atoms with E-state index in [0.717, 1.165) is 31.2 Å². The summed E-state index contributed by atoms with van der Waals surface area (Å²) in [5, 5.41) is 6.34. The Labute approximate surface area is 83.2 Å². The van der Waals surface area contributed by atoms with E-state index in [1.54, 1.807) is 12.1 Å². The number of benzene rings is 1. The SMILES string of the molecule is [NH]c1ccc(CNC2=NCCN2)cc1. The van der Waals surface area contributed by atoms with E-state index in [1.165, 1.54) is 0 Å². The Bertz CT molecular complexity index is 328. The van der Waals surface area contributed by atoms with E-state index < -0.39 is 0 Å². The fourth-order valence-electron chi connectivity index (χ4n) is 1.32. The summed E-state index contributed by atoms with van der Waals surface area (Å²) in [6, 6.07) is 7.48. The molecular weight excluding hydrogens is 176 g/mol. The van der Waals surface area contributed by atoms with E-state index in [2.05, 4.69) is 15.6 Å². The predicted octanol–water partition coefficient (Wildman–Crippen LogP) is 0.650. The van der Waals surface area contributed by atoms with Gasteiger partial charge in [-0.2, -0.15) is 0 Å². The Morgan fingerprint density at radius 1 is 1.36 bits per heavy atom. The molecule has 2 rings (SSSR count). The molecule has 1 heterocycles. The van der Waals surface area contributed by atoms with Gasteiger partial charge >= 0.3 is 0 Å². The summed E-state index contributed by atoms with van der Waals surface area (Å²) in [7, 11) is 0. The molecule has 3 N–H and O–H groups in total. The van der Waals surface area contributed by atoms with Gasteiger partial charge in [-0.25, -0.2) is 0 Å². The molecule has 1 aliphatic heterocycles. The summed E-state index contributed by atoms with van der Waals surface area (Å²) in [5.41, 5.74) is 9.04. The minimum atomic E-state index is 0.546. The Morgan fingerprint density at radius 2 is 2.14 bits per heavy atom. The standard InChI is InChI=1S/C10H13N4/c11-9-3-1-8(2-4-9)7-14-10-12-5-6-13-10/h1-4,11H,5-7H2,(H2,12,13,14). The lowest BCUT2D eigenvalue weighted by molar-refractivity contribution is 0.867. The molecule has 0 spiro atoms. The molecule has 1 aliphatic rings. The smallest absolute Gasteiger partial charge is 0.191 e.